The smallest absolute Gasteiger partial charge is 0.225 e. The van der Waals surface area contributed by atoms with Crippen LogP contribution in [0.1, 0.15) is 31.5 Å². The van der Waals surface area contributed by atoms with E-state index >= 15 is 0 Å². The second-order valence-corrected chi connectivity index (χ2v) is 5.52. The van der Waals surface area contributed by atoms with Crippen molar-refractivity contribution < 1.29 is 4.79 Å². The van der Waals surface area contributed by atoms with Gasteiger partial charge in [-0.15, -0.1) is 11.3 Å². The Morgan fingerprint density at radius 3 is 3.00 bits per heavy atom. The molecule has 104 valence electrons. The molecule has 1 atom stereocenters. The molecule has 0 spiro atoms. The molecule has 0 saturated carbocycles. The molecule has 0 aliphatic carbocycles. The standard InChI is InChI=1S/C13H15N5OS/c1-9(19)16-13-17-10(8-20-13)11-4-2-7-18(11)12-14-5-3-6-15-12/h3,5-6,8,11H,2,4,7H2,1H3,(H,16,17,19)/t11-/m0/s1. The highest BCUT2D eigenvalue weighted by atomic mass is 32.1. The summed E-state index contributed by atoms with van der Waals surface area (Å²) in [5, 5.41) is 5.37. The molecule has 0 aromatic carbocycles. The number of nitrogens with zero attached hydrogens (tertiary/aromatic N) is 4. The van der Waals surface area contributed by atoms with E-state index in [1.807, 2.05) is 11.4 Å². The highest BCUT2D eigenvalue weighted by Crippen LogP contribution is 2.35. The lowest BCUT2D eigenvalue weighted by molar-refractivity contribution is -0.114. The summed E-state index contributed by atoms with van der Waals surface area (Å²) in [6.07, 6.45) is 5.63. The minimum Gasteiger partial charge on any atom is -0.332 e. The van der Waals surface area contributed by atoms with E-state index in [2.05, 4.69) is 25.2 Å². The molecule has 1 amide bonds. The van der Waals surface area contributed by atoms with Crippen LogP contribution < -0.4 is 10.2 Å². The van der Waals surface area contributed by atoms with E-state index in [1.54, 1.807) is 12.4 Å². The molecule has 20 heavy (non-hydrogen) atoms. The third-order valence-corrected chi connectivity index (χ3v) is 3.98. The van der Waals surface area contributed by atoms with Crippen LogP contribution in [0.15, 0.2) is 23.8 Å². The molecule has 3 rings (SSSR count). The van der Waals surface area contributed by atoms with E-state index in [0.717, 1.165) is 31.0 Å². The van der Waals surface area contributed by atoms with E-state index in [4.69, 9.17) is 0 Å². The monoisotopic (exact) mass is 289 g/mol. The first-order valence-electron chi connectivity index (χ1n) is 6.51. The van der Waals surface area contributed by atoms with Gasteiger partial charge in [0.15, 0.2) is 5.13 Å². The van der Waals surface area contributed by atoms with Gasteiger partial charge in [0.2, 0.25) is 11.9 Å². The average Bonchev–Trinajstić information content (AvgIpc) is 3.07. The third-order valence-electron chi connectivity index (χ3n) is 3.21. The van der Waals surface area contributed by atoms with E-state index in [1.165, 1.54) is 18.3 Å². The first-order chi connectivity index (χ1) is 9.74. The Morgan fingerprint density at radius 2 is 2.25 bits per heavy atom. The zero-order valence-electron chi connectivity index (χ0n) is 11.1. The van der Waals surface area contributed by atoms with Gasteiger partial charge in [-0.25, -0.2) is 15.0 Å². The molecule has 1 N–H and O–H groups in total. The minimum atomic E-state index is -0.0967. The maximum absolute atomic E-state index is 11.1. The molecule has 2 aromatic heterocycles. The summed E-state index contributed by atoms with van der Waals surface area (Å²) in [5.41, 5.74) is 0.976. The molecule has 0 radical (unpaired) electrons. The number of rotatable bonds is 3. The molecular weight excluding hydrogens is 274 g/mol. The van der Waals surface area contributed by atoms with Crippen LogP contribution in [0.25, 0.3) is 0 Å². The van der Waals surface area contributed by atoms with Crippen molar-refractivity contribution in [3.8, 4) is 0 Å². The number of aromatic nitrogens is 3. The molecule has 0 bridgehead atoms. The Labute approximate surface area is 120 Å². The van der Waals surface area contributed by atoms with E-state index in [9.17, 15) is 4.79 Å². The van der Waals surface area contributed by atoms with Crippen molar-refractivity contribution in [3.63, 3.8) is 0 Å². The van der Waals surface area contributed by atoms with Crippen molar-refractivity contribution >= 4 is 28.3 Å². The van der Waals surface area contributed by atoms with Crippen LogP contribution in [0.4, 0.5) is 11.1 Å². The number of amides is 1. The number of anilines is 2. The lowest BCUT2D eigenvalue weighted by Gasteiger charge is -2.22. The molecule has 1 aliphatic heterocycles. The van der Waals surface area contributed by atoms with Gasteiger partial charge < -0.3 is 10.2 Å². The lowest BCUT2D eigenvalue weighted by Crippen LogP contribution is -2.24. The number of hydrogen-bond donors (Lipinski definition) is 1. The van der Waals surface area contributed by atoms with E-state index in [-0.39, 0.29) is 11.9 Å². The average molecular weight is 289 g/mol. The fraction of sp³-hybridized carbons (Fsp3) is 0.385. The van der Waals surface area contributed by atoms with E-state index < -0.39 is 0 Å². The van der Waals surface area contributed by atoms with Gasteiger partial charge in [-0.05, 0) is 18.9 Å². The SMILES string of the molecule is CC(=O)Nc1nc([C@@H]2CCCN2c2ncccn2)cs1. The van der Waals surface area contributed by atoms with Gasteiger partial charge in [-0.3, -0.25) is 4.79 Å². The van der Waals surface area contributed by atoms with Crippen LogP contribution in [-0.2, 0) is 4.79 Å². The number of thiazole rings is 1. The first kappa shape index (κ1) is 13.0. The normalized spacial score (nSPS) is 18.2. The lowest BCUT2D eigenvalue weighted by atomic mass is 10.2. The number of carbonyl (C=O) groups is 1. The second-order valence-electron chi connectivity index (χ2n) is 4.66. The molecule has 1 aliphatic rings. The fourth-order valence-electron chi connectivity index (χ4n) is 2.40. The summed E-state index contributed by atoms with van der Waals surface area (Å²) in [5.74, 6) is 0.643. The molecule has 1 saturated heterocycles. The van der Waals surface area contributed by atoms with Gasteiger partial charge in [-0.2, -0.15) is 0 Å². The minimum absolute atomic E-state index is 0.0967. The van der Waals surface area contributed by atoms with Gasteiger partial charge in [0.1, 0.15) is 0 Å². The topological polar surface area (TPSA) is 71.0 Å². The Balaban J connectivity index is 1.82. The van der Waals surface area contributed by atoms with Crippen LogP contribution in [0.2, 0.25) is 0 Å². The molecule has 1 fully saturated rings. The fourth-order valence-corrected chi connectivity index (χ4v) is 3.20. The number of nitrogens with one attached hydrogen (secondary N) is 1. The summed E-state index contributed by atoms with van der Waals surface area (Å²) >= 11 is 1.45. The maximum atomic E-state index is 11.1. The van der Waals surface area contributed by atoms with Gasteiger partial charge in [0, 0.05) is 31.2 Å². The van der Waals surface area contributed by atoms with Gasteiger partial charge in [-0.1, -0.05) is 0 Å². The predicted octanol–water partition coefficient (Wildman–Crippen LogP) is 2.23. The summed E-state index contributed by atoms with van der Waals surface area (Å²) in [7, 11) is 0. The molecule has 0 unspecified atom stereocenters. The van der Waals surface area contributed by atoms with Crippen molar-refractivity contribution in [1.29, 1.82) is 0 Å². The zero-order chi connectivity index (χ0) is 13.9. The summed E-state index contributed by atoms with van der Waals surface area (Å²) in [4.78, 5) is 26.4. The van der Waals surface area contributed by atoms with Crippen molar-refractivity contribution in [2.75, 3.05) is 16.8 Å². The number of carbonyl (C=O) groups excluding carboxylic acids is 1. The van der Waals surface area contributed by atoms with Crippen LogP contribution in [0.3, 0.4) is 0 Å². The maximum Gasteiger partial charge on any atom is 0.225 e. The zero-order valence-corrected chi connectivity index (χ0v) is 11.9. The third kappa shape index (κ3) is 2.62. The van der Waals surface area contributed by atoms with Crippen LogP contribution in [0, 0.1) is 0 Å². The van der Waals surface area contributed by atoms with Crippen molar-refractivity contribution in [1.82, 2.24) is 15.0 Å². The number of hydrogen-bond acceptors (Lipinski definition) is 6. The van der Waals surface area contributed by atoms with Crippen molar-refractivity contribution in [2.24, 2.45) is 0 Å². The Kier molecular flexibility index (Phi) is 3.60. The predicted molar refractivity (Wildman–Crippen MR) is 77.8 cm³/mol. The molecule has 2 aromatic rings. The van der Waals surface area contributed by atoms with Gasteiger partial charge >= 0.3 is 0 Å². The molecule has 6 nitrogen and oxygen atoms in total. The Bertz CT molecular complexity index is 600. The van der Waals surface area contributed by atoms with Crippen LogP contribution in [0.5, 0.6) is 0 Å². The quantitative estimate of drug-likeness (QED) is 0.938. The van der Waals surface area contributed by atoms with Crippen LogP contribution >= 0.6 is 11.3 Å². The van der Waals surface area contributed by atoms with Gasteiger partial charge in [0.05, 0.1) is 11.7 Å². The largest absolute Gasteiger partial charge is 0.332 e. The van der Waals surface area contributed by atoms with Crippen molar-refractivity contribution in [3.05, 3.63) is 29.5 Å². The van der Waals surface area contributed by atoms with E-state index in [0.29, 0.717) is 5.13 Å². The Morgan fingerprint density at radius 1 is 1.45 bits per heavy atom. The second kappa shape index (κ2) is 5.54. The molecular formula is C13H15N5OS. The summed E-state index contributed by atoms with van der Waals surface area (Å²) in [6.45, 7) is 2.42. The van der Waals surface area contributed by atoms with Crippen molar-refractivity contribution in [2.45, 2.75) is 25.8 Å². The Hall–Kier alpha value is -2.02. The summed E-state index contributed by atoms with van der Waals surface area (Å²) < 4.78 is 0. The molecule has 3 heterocycles. The molecule has 7 heteroatoms. The van der Waals surface area contributed by atoms with Crippen LogP contribution in [-0.4, -0.2) is 27.4 Å². The summed E-state index contributed by atoms with van der Waals surface area (Å²) in [6, 6.07) is 2.00. The van der Waals surface area contributed by atoms with Gasteiger partial charge in [0.25, 0.3) is 0 Å². The highest BCUT2D eigenvalue weighted by molar-refractivity contribution is 7.13. The highest BCUT2D eigenvalue weighted by Gasteiger charge is 2.29. The first-order valence-corrected chi connectivity index (χ1v) is 7.38.